The van der Waals surface area contributed by atoms with Crippen LogP contribution < -0.4 is 30.9 Å². The maximum absolute atomic E-state index is 14.1. The molecule has 4 amide bonds. The minimum Gasteiger partial charge on any atom is -0.497 e. The van der Waals surface area contributed by atoms with Gasteiger partial charge in [0.2, 0.25) is 17.7 Å². The molecule has 2 unspecified atom stereocenters. The lowest BCUT2D eigenvalue weighted by Crippen LogP contribution is -2.58. The van der Waals surface area contributed by atoms with Gasteiger partial charge in [0.05, 0.1) is 26.1 Å². The van der Waals surface area contributed by atoms with Crippen LogP contribution in [-0.2, 0) is 30.3 Å². The van der Waals surface area contributed by atoms with E-state index in [0.29, 0.717) is 47.7 Å². The number of rotatable bonds is 16. The van der Waals surface area contributed by atoms with Gasteiger partial charge < -0.3 is 50.6 Å². The number of alkyl carbamates (subject to hydrolysis) is 1. The Morgan fingerprint density at radius 2 is 1.74 bits per heavy atom. The van der Waals surface area contributed by atoms with E-state index in [-0.39, 0.29) is 18.7 Å². The number of methoxy groups -OCH3 is 1. The minimum absolute atomic E-state index is 0.0243. The molecule has 18 heteroatoms. The van der Waals surface area contributed by atoms with Gasteiger partial charge in [-0.1, -0.05) is 12.1 Å². The maximum atomic E-state index is 14.1. The fourth-order valence-corrected chi connectivity index (χ4v) is 5.86. The monoisotopic (exact) mass is 741 g/mol. The van der Waals surface area contributed by atoms with E-state index in [4.69, 9.17) is 14.2 Å². The summed E-state index contributed by atoms with van der Waals surface area (Å²) in [6, 6.07) is 3.53. The van der Waals surface area contributed by atoms with Gasteiger partial charge in [0.15, 0.2) is 23.2 Å². The molecule has 1 aliphatic rings. The van der Waals surface area contributed by atoms with Crippen molar-refractivity contribution in [1.29, 1.82) is 0 Å². The molecule has 6 N–H and O–H groups in total. The number of amides is 4. The second-order valence-corrected chi connectivity index (χ2v) is 14.0. The lowest BCUT2D eigenvalue weighted by Gasteiger charge is -2.27. The van der Waals surface area contributed by atoms with Crippen molar-refractivity contribution in [2.24, 2.45) is 0 Å². The summed E-state index contributed by atoms with van der Waals surface area (Å²) in [5.41, 5.74) is 0.692. The van der Waals surface area contributed by atoms with Crippen LogP contribution in [0.3, 0.4) is 0 Å². The van der Waals surface area contributed by atoms with E-state index >= 15 is 0 Å². The number of aromatic nitrogens is 4. The standard InChI is InChI=1S/C35H51N9O9/c1-20(46)36-15-9-8-10-23(41-34(50)53-35(2,3)4)31(48)40-24(16-21-11-13-22(51-7)14-12-21)32(49)42-26-25(17-45)52-33(28(26)47)44-19-39-27-29(43(5)6)37-18-38-30(27)44/h11-14,18-19,23-26,28,33,45,47H,8-10,15-17H2,1-7H3,(H,36,46)(H,40,48)(H,41,50)(H,42,49)/t23-,24?,25+,26?,28-,33+/m0/s1. The van der Waals surface area contributed by atoms with E-state index in [0.717, 1.165) is 0 Å². The second kappa shape index (κ2) is 18.1. The predicted octanol–water partition coefficient (Wildman–Crippen LogP) is 0.564. The van der Waals surface area contributed by atoms with Crippen LogP contribution in [-0.4, -0.2) is 124 Å². The summed E-state index contributed by atoms with van der Waals surface area (Å²) in [6.07, 6.45) is -0.288. The Morgan fingerprint density at radius 1 is 1.02 bits per heavy atom. The normalized spacial score (nSPS) is 19.6. The van der Waals surface area contributed by atoms with E-state index in [1.807, 2.05) is 0 Å². The number of carbonyl (C=O) groups is 4. The summed E-state index contributed by atoms with van der Waals surface area (Å²) in [6.45, 7) is 6.33. The summed E-state index contributed by atoms with van der Waals surface area (Å²) in [4.78, 5) is 66.8. The highest BCUT2D eigenvalue weighted by Gasteiger charge is 2.46. The molecule has 1 fully saturated rings. The van der Waals surface area contributed by atoms with Crippen LogP contribution in [0.5, 0.6) is 5.75 Å². The van der Waals surface area contributed by atoms with Gasteiger partial charge in [-0.05, 0) is 57.7 Å². The van der Waals surface area contributed by atoms with Gasteiger partial charge in [-0.3, -0.25) is 19.0 Å². The molecule has 1 aliphatic heterocycles. The minimum atomic E-state index is -1.37. The second-order valence-electron chi connectivity index (χ2n) is 14.0. The van der Waals surface area contributed by atoms with Crippen molar-refractivity contribution < 1.29 is 43.6 Å². The molecule has 18 nitrogen and oxygen atoms in total. The van der Waals surface area contributed by atoms with Crippen LogP contribution in [0.15, 0.2) is 36.9 Å². The van der Waals surface area contributed by atoms with Gasteiger partial charge in [-0.2, -0.15) is 0 Å². The van der Waals surface area contributed by atoms with Crippen LogP contribution in [0.4, 0.5) is 10.6 Å². The van der Waals surface area contributed by atoms with E-state index in [9.17, 15) is 29.4 Å². The number of ether oxygens (including phenoxy) is 3. The number of aliphatic hydroxyl groups is 2. The fraction of sp³-hybridized carbons (Fsp3) is 0.571. The van der Waals surface area contributed by atoms with Gasteiger partial charge >= 0.3 is 6.09 Å². The molecular formula is C35H51N9O9. The molecule has 1 saturated heterocycles. The predicted molar refractivity (Wildman–Crippen MR) is 193 cm³/mol. The molecule has 0 bridgehead atoms. The third-order valence-electron chi connectivity index (χ3n) is 8.43. The quantitative estimate of drug-likeness (QED) is 0.110. The van der Waals surface area contributed by atoms with Crippen LogP contribution in [0, 0.1) is 0 Å². The van der Waals surface area contributed by atoms with Gasteiger partial charge in [-0.15, -0.1) is 0 Å². The number of hydrogen-bond donors (Lipinski definition) is 6. The summed E-state index contributed by atoms with van der Waals surface area (Å²) in [5.74, 6) is -0.357. The van der Waals surface area contributed by atoms with Gasteiger partial charge in [0, 0.05) is 34.0 Å². The van der Waals surface area contributed by atoms with Crippen molar-refractivity contribution >= 4 is 40.8 Å². The van der Waals surface area contributed by atoms with E-state index in [1.54, 1.807) is 64.0 Å². The molecule has 0 radical (unpaired) electrons. The average molecular weight is 742 g/mol. The number of aliphatic hydroxyl groups excluding tert-OH is 2. The first kappa shape index (κ1) is 40.7. The molecule has 53 heavy (non-hydrogen) atoms. The number of unbranched alkanes of at least 4 members (excludes halogenated alkanes) is 1. The molecule has 0 spiro atoms. The number of imidazole rings is 1. The number of benzene rings is 1. The maximum Gasteiger partial charge on any atom is 0.408 e. The number of nitrogens with zero attached hydrogens (tertiary/aromatic N) is 5. The first-order valence-electron chi connectivity index (χ1n) is 17.4. The Labute approximate surface area is 308 Å². The average Bonchev–Trinajstić information content (AvgIpc) is 3.66. The highest BCUT2D eigenvalue weighted by Crippen LogP contribution is 2.32. The van der Waals surface area contributed by atoms with Gasteiger partial charge in [0.25, 0.3) is 0 Å². The highest BCUT2D eigenvalue weighted by molar-refractivity contribution is 5.91. The zero-order valence-corrected chi connectivity index (χ0v) is 31.2. The molecule has 290 valence electrons. The molecule has 3 heterocycles. The molecule has 0 aliphatic carbocycles. The Kier molecular flexibility index (Phi) is 13.9. The molecule has 2 aromatic heterocycles. The Hall–Kier alpha value is -5.07. The lowest BCUT2D eigenvalue weighted by molar-refractivity contribution is -0.131. The van der Waals surface area contributed by atoms with Crippen molar-refractivity contribution in [2.75, 3.05) is 39.3 Å². The molecular weight excluding hydrogens is 690 g/mol. The largest absolute Gasteiger partial charge is 0.497 e. The Bertz CT molecular complexity index is 1710. The molecule has 4 rings (SSSR count). The van der Waals surface area contributed by atoms with Crippen molar-refractivity contribution in [3.05, 3.63) is 42.5 Å². The number of carbonyl (C=O) groups excluding carboxylic acids is 4. The van der Waals surface area contributed by atoms with Gasteiger partial charge in [-0.25, -0.2) is 19.7 Å². The first-order valence-corrected chi connectivity index (χ1v) is 17.4. The Morgan fingerprint density at radius 3 is 2.36 bits per heavy atom. The molecule has 1 aromatic carbocycles. The SMILES string of the molecule is COc1ccc(CC(NC(=O)[C@H](CCCCNC(C)=O)NC(=O)OC(C)(C)C)C(=O)NC2[C@@H](CO)O[C@@H](n3cnc4c(N(C)C)ncnc43)[C@H]2O)cc1. The topological polar surface area (TPSA) is 231 Å². The Balaban J connectivity index is 1.57. The number of hydrogen-bond acceptors (Lipinski definition) is 13. The first-order chi connectivity index (χ1) is 25.1. The number of nitrogens with one attached hydrogen (secondary N) is 4. The van der Waals surface area contributed by atoms with Crippen LogP contribution in [0.25, 0.3) is 11.2 Å². The van der Waals surface area contributed by atoms with E-state index in [2.05, 4.69) is 36.2 Å². The summed E-state index contributed by atoms with van der Waals surface area (Å²) in [5, 5.41) is 32.7. The van der Waals surface area contributed by atoms with Crippen molar-refractivity contribution in [1.82, 2.24) is 40.8 Å². The summed E-state index contributed by atoms with van der Waals surface area (Å²) >= 11 is 0. The van der Waals surface area contributed by atoms with Crippen LogP contribution in [0.2, 0.25) is 0 Å². The zero-order valence-electron chi connectivity index (χ0n) is 31.2. The third kappa shape index (κ3) is 11.0. The molecule has 6 atom stereocenters. The summed E-state index contributed by atoms with van der Waals surface area (Å²) in [7, 11) is 5.14. The van der Waals surface area contributed by atoms with Crippen LogP contribution in [0.1, 0.15) is 58.7 Å². The number of anilines is 1. The van der Waals surface area contributed by atoms with Crippen molar-refractivity contribution in [3.8, 4) is 5.75 Å². The van der Waals surface area contributed by atoms with E-state index in [1.165, 1.54) is 31.3 Å². The molecule has 3 aromatic rings. The van der Waals surface area contributed by atoms with Gasteiger partial charge in [0.1, 0.15) is 42.0 Å². The molecule has 0 saturated carbocycles. The number of fused-ring (bicyclic) bond motifs is 1. The summed E-state index contributed by atoms with van der Waals surface area (Å²) < 4.78 is 18.2. The highest BCUT2D eigenvalue weighted by atomic mass is 16.6. The van der Waals surface area contributed by atoms with Crippen LogP contribution >= 0.6 is 0 Å². The fourth-order valence-electron chi connectivity index (χ4n) is 5.86. The smallest absolute Gasteiger partial charge is 0.408 e. The zero-order chi connectivity index (χ0) is 38.9. The lowest BCUT2D eigenvalue weighted by atomic mass is 10.0. The van der Waals surface area contributed by atoms with Crippen molar-refractivity contribution in [3.63, 3.8) is 0 Å². The van der Waals surface area contributed by atoms with E-state index < -0.39 is 66.7 Å². The van der Waals surface area contributed by atoms with Crippen molar-refractivity contribution in [2.45, 2.75) is 95.5 Å². The third-order valence-corrected chi connectivity index (χ3v) is 8.43.